The maximum absolute atomic E-state index is 12.7. The normalized spacial score (nSPS) is 11.0. The van der Waals surface area contributed by atoms with E-state index in [1.807, 2.05) is 83.7 Å². The molecule has 5 rings (SSSR count). The third-order valence-corrected chi connectivity index (χ3v) is 5.63. The molecule has 0 unspecified atom stereocenters. The molecule has 2 N–H and O–H groups in total. The van der Waals surface area contributed by atoms with Gasteiger partial charge in [0.2, 0.25) is 5.91 Å². The van der Waals surface area contributed by atoms with Crippen molar-refractivity contribution in [2.45, 2.75) is 19.3 Å². The highest BCUT2D eigenvalue weighted by Crippen LogP contribution is 2.30. The van der Waals surface area contributed by atoms with Gasteiger partial charge in [0, 0.05) is 35.9 Å². The Morgan fingerprint density at radius 3 is 2.53 bits per heavy atom. The summed E-state index contributed by atoms with van der Waals surface area (Å²) in [5.41, 5.74) is 6.02. The van der Waals surface area contributed by atoms with Gasteiger partial charge in [0.25, 0.3) is 0 Å². The van der Waals surface area contributed by atoms with Crippen molar-refractivity contribution in [3.63, 3.8) is 0 Å². The van der Waals surface area contributed by atoms with Crippen molar-refractivity contribution in [3.05, 3.63) is 103 Å². The first kappa shape index (κ1) is 19.8. The number of benzene rings is 2. The molecule has 5 aromatic rings. The zero-order chi connectivity index (χ0) is 21.8. The Balaban J connectivity index is 1.31. The number of hydrogen-bond acceptors (Lipinski definition) is 2. The third-order valence-electron chi connectivity index (χ3n) is 5.63. The first-order valence-electron chi connectivity index (χ1n) is 10.8. The lowest BCUT2D eigenvalue weighted by Gasteiger charge is -2.12. The van der Waals surface area contributed by atoms with Crippen LogP contribution in [0.1, 0.15) is 18.4 Å². The average Bonchev–Trinajstić information content (AvgIpc) is 3.49. The summed E-state index contributed by atoms with van der Waals surface area (Å²) in [5, 5.41) is 4.27. The number of aromatic amines is 1. The molecule has 1 amide bonds. The van der Waals surface area contributed by atoms with Gasteiger partial charge in [-0.25, -0.2) is 0 Å². The van der Waals surface area contributed by atoms with Crippen molar-refractivity contribution < 1.29 is 4.79 Å². The van der Waals surface area contributed by atoms with E-state index >= 15 is 0 Å². The fourth-order valence-electron chi connectivity index (χ4n) is 4.13. The molecule has 2 aromatic carbocycles. The van der Waals surface area contributed by atoms with Gasteiger partial charge in [-0.05, 0) is 60.9 Å². The van der Waals surface area contributed by atoms with Crippen LogP contribution in [0.3, 0.4) is 0 Å². The van der Waals surface area contributed by atoms with Crippen molar-refractivity contribution in [2.75, 3.05) is 5.32 Å². The first-order valence-corrected chi connectivity index (χ1v) is 10.8. The topological polar surface area (TPSA) is 62.7 Å². The Hall–Kier alpha value is -4.12. The Kier molecular flexibility index (Phi) is 5.54. The monoisotopic (exact) mass is 420 g/mol. The number of anilines is 1. The summed E-state index contributed by atoms with van der Waals surface area (Å²) in [4.78, 5) is 20.8. The van der Waals surface area contributed by atoms with Crippen molar-refractivity contribution in [2.24, 2.45) is 0 Å². The van der Waals surface area contributed by atoms with E-state index in [2.05, 4.69) is 27.4 Å². The van der Waals surface area contributed by atoms with E-state index in [0.29, 0.717) is 6.42 Å². The van der Waals surface area contributed by atoms with Crippen LogP contribution in [0.15, 0.2) is 97.5 Å². The molecule has 0 radical (unpaired) electrons. The van der Waals surface area contributed by atoms with Crippen molar-refractivity contribution in [1.29, 1.82) is 0 Å². The van der Waals surface area contributed by atoms with Crippen LogP contribution in [-0.2, 0) is 11.2 Å². The highest BCUT2D eigenvalue weighted by molar-refractivity contribution is 5.93. The van der Waals surface area contributed by atoms with E-state index in [1.54, 1.807) is 6.20 Å². The van der Waals surface area contributed by atoms with Gasteiger partial charge in [0.05, 0.1) is 22.8 Å². The number of hydrogen-bond donors (Lipinski definition) is 2. The van der Waals surface area contributed by atoms with E-state index in [4.69, 9.17) is 0 Å². The van der Waals surface area contributed by atoms with Gasteiger partial charge in [-0.1, -0.05) is 36.4 Å². The smallest absolute Gasteiger partial charge is 0.224 e. The number of H-pyrrole nitrogens is 1. The number of para-hydroxylation sites is 3. The molecular weight excluding hydrogens is 396 g/mol. The van der Waals surface area contributed by atoms with Crippen LogP contribution >= 0.6 is 0 Å². The van der Waals surface area contributed by atoms with E-state index in [-0.39, 0.29) is 5.91 Å². The lowest BCUT2D eigenvalue weighted by molar-refractivity contribution is -0.116. The number of nitrogens with zero attached hydrogens (tertiary/aromatic N) is 2. The first-order chi connectivity index (χ1) is 15.8. The second kappa shape index (κ2) is 8.94. The van der Waals surface area contributed by atoms with E-state index < -0.39 is 0 Å². The number of carbonyl (C=O) groups is 1. The number of rotatable bonds is 7. The summed E-state index contributed by atoms with van der Waals surface area (Å²) in [7, 11) is 0. The molecule has 0 saturated heterocycles. The molecule has 0 aliphatic carbocycles. The minimum atomic E-state index is 0.0174. The standard InChI is InChI=1S/C27H24N4O/c32-26(29-23-13-3-4-15-25(23)31-18-7-8-19-31)16-9-11-21-20-10-1-2-12-22(20)30-27(21)24-14-5-6-17-28-24/h1-8,10,12-15,17-19,30H,9,11,16H2,(H,29,32). The van der Waals surface area contributed by atoms with Crippen LogP contribution in [-0.4, -0.2) is 20.4 Å². The lowest BCUT2D eigenvalue weighted by atomic mass is 10.0. The Labute approximate surface area is 186 Å². The summed E-state index contributed by atoms with van der Waals surface area (Å²) in [6, 6.07) is 26.0. The van der Waals surface area contributed by atoms with E-state index in [0.717, 1.165) is 41.1 Å². The second-order valence-corrected chi connectivity index (χ2v) is 7.75. The van der Waals surface area contributed by atoms with E-state index in [9.17, 15) is 4.79 Å². The summed E-state index contributed by atoms with van der Waals surface area (Å²) < 4.78 is 2.00. The molecule has 0 fully saturated rings. The highest BCUT2D eigenvalue weighted by atomic mass is 16.1. The Morgan fingerprint density at radius 2 is 1.69 bits per heavy atom. The average molecular weight is 421 g/mol. The number of fused-ring (bicyclic) bond motifs is 1. The zero-order valence-corrected chi connectivity index (χ0v) is 17.7. The van der Waals surface area contributed by atoms with Crippen LogP contribution in [0.25, 0.3) is 28.0 Å². The van der Waals surface area contributed by atoms with Gasteiger partial charge >= 0.3 is 0 Å². The maximum atomic E-state index is 12.7. The predicted molar refractivity (Wildman–Crippen MR) is 129 cm³/mol. The quantitative estimate of drug-likeness (QED) is 0.340. The molecule has 32 heavy (non-hydrogen) atoms. The van der Waals surface area contributed by atoms with Gasteiger partial charge in [0.15, 0.2) is 0 Å². The molecule has 5 nitrogen and oxygen atoms in total. The number of pyridine rings is 1. The minimum Gasteiger partial charge on any atom is -0.353 e. The number of aryl methyl sites for hydroxylation is 1. The van der Waals surface area contributed by atoms with Crippen molar-refractivity contribution in [1.82, 2.24) is 14.5 Å². The fraction of sp³-hybridized carbons (Fsp3) is 0.111. The van der Waals surface area contributed by atoms with Gasteiger partial charge in [-0.3, -0.25) is 9.78 Å². The van der Waals surface area contributed by atoms with Crippen LogP contribution in [0.5, 0.6) is 0 Å². The molecule has 0 aliphatic heterocycles. The van der Waals surface area contributed by atoms with Crippen LogP contribution < -0.4 is 5.32 Å². The molecule has 0 saturated carbocycles. The Bertz CT molecular complexity index is 1340. The lowest BCUT2D eigenvalue weighted by Crippen LogP contribution is -2.13. The molecule has 158 valence electrons. The van der Waals surface area contributed by atoms with Gasteiger partial charge in [-0.15, -0.1) is 0 Å². The van der Waals surface area contributed by atoms with Crippen LogP contribution in [0.4, 0.5) is 5.69 Å². The SMILES string of the molecule is O=C(CCCc1c(-c2ccccn2)[nH]c2ccccc12)Nc1ccccc1-n1cccc1. The number of aromatic nitrogens is 3. The number of amides is 1. The fourth-order valence-corrected chi connectivity index (χ4v) is 4.13. The maximum Gasteiger partial charge on any atom is 0.224 e. The Morgan fingerprint density at radius 1 is 0.906 bits per heavy atom. The highest BCUT2D eigenvalue weighted by Gasteiger charge is 2.14. The van der Waals surface area contributed by atoms with Gasteiger partial charge < -0.3 is 14.9 Å². The van der Waals surface area contributed by atoms with Crippen molar-refractivity contribution in [3.8, 4) is 17.1 Å². The van der Waals surface area contributed by atoms with E-state index in [1.165, 1.54) is 10.9 Å². The molecule has 0 atom stereocenters. The summed E-state index contributed by atoms with van der Waals surface area (Å²) >= 11 is 0. The molecule has 3 aromatic heterocycles. The summed E-state index contributed by atoms with van der Waals surface area (Å²) in [6.07, 6.45) is 7.74. The molecular formula is C27H24N4O. The summed E-state index contributed by atoms with van der Waals surface area (Å²) in [6.45, 7) is 0. The molecule has 0 aliphatic rings. The molecule has 3 heterocycles. The third kappa shape index (κ3) is 4.05. The van der Waals surface area contributed by atoms with Crippen LogP contribution in [0, 0.1) is 0 Å². The largest absolute Gasteiger partial charge is 0.353 e. The number of nitrogens with one attached hydrogen (secondary N) is 2. The molecule has 0 spiro atoms. The van der Waals surface area contributed by atoms with Gasteiger partial charge in [-0.2, -0.15) is 0 Å². The molecule has 0 bridgehead atoms. The van der Waals surface area contributed by atoms with Crippen molar-refractivity contribution >= 4 is 22.5 Å². The minimum absolute atomic E-state index is 0.0174. The second-order valence-electron chi connectivity index (χ2n) is 7.75. The summed E-state index contributed by atoms with van der Waals surface area (Å²) in [5.74, 6) is 0.0174. The van der Waals surface area contributed by atoms with Gasteiger partial charge in [0.1, 0.15) is 0 Å². The molecule has 5 heteroatoms. The van der Waals surface area contributed by atoms with Crippen LogP contribution in [0.2, 0.25) is 0 Å². The predicted octanol–water partition coefficient (Wildman–Crippen LogP) is 5.98. The zero-order valence-electron chi connectivity index (χ0n) is 17.7. The number of carbonyl (C=O) groups excluding carboxylic acids is 1.